The van der Waals surface area contributed by atoms with Gasteiger partial charge in [-0.2, -0.15) is 0 Å². The largest absolute Gasteiger partial charge is 0.396 e. The molecule has 1 rings (SSSR count). The predicted molar refractivity (Wildman–Crippen MR) is 74.4 cm³/mol. The summed E-state index contributed by atoms with van der Waals surface area (Å²) in [4.78, 5) is 16.0. The quantitative estimate of drug-likeness (QED) is 0.776. The van der Waals surface area contributed by atoms with Crippen molar-refractivity contribution in [3.8, 4) is 0 Å². The monoisotopic (exact) mass is 268 g/mol. The topological polar surface area (TPSA) is 62.2 Å². The molecule has 0 saturated heterocycles. The summed E-state index contributed by atoms with van der Waals surface area (Å²) in [6.45, 7) is 6.05. The molecule has 0 aliphatic rings. The normalized spacial score (nSPS) is 13.2. The number of nitrogens with one attached hydrogen (secondary N) is 1. The summed E-state index contributed by atoms with van der Waals surface area (Å²) in [7, 11) is 0. The van der Waals surface area contributed by atoms with Crippen molar-refractivity contribution in [2.24, 2.45) is 5.92 Å². The summed E-state index contributed by atoms with van der Waals surface area (Å²) in [5.41, 5.74) is 0.802. The number of aromatic nitrogens is 1. The molecule has 0 radical (unpaired) electrons. The van der Waals surface area contributed by atoms with Crippen LogP contribution in [-0.2, 0) is 4.79 Å². The van der Waals surface area contributed by atoms with Crippen molar-refractivity contribution < 1.29 is 9.90 Å². The van der Waals surface area contributed by atoms with Crippen molar-refractivity contribution in [2.45, 2.75) is 33.2 Å². The lowest BCUT2D eigenvalue weighted by atomic mass is 10.0. The number of amides is 1. The van der Waals surface area contributed by atoms with Crippen LogP contribution in [0.4, 0.5) is 0 Å². The third kappa shape index (κ3) is 4.98. The molecule has 0 aromatic carbocycles. The lowest BCUT2D eigenvalue weighted by molar-refractivity contribution is -0.117. The van der Waals surface area contributed by atoms with Crippen LogP contribution in [-0.4, -0.2) is 28.6 Å². The molecule has 1 aromatic rings. The van der Waals surface area contributed by atoms with Gasteiger partial charge >= 0.3 is 0 Å². The molecular formula is C13H20N2O2S. The minimum atomic E-state index is -0.146. The molecular weight excluding hydrogens is 248 g/mol. The van der Waals surface area contributed by atoms with E-state index in [1.807, 2.05) is 26.2 Å². The molecule has 1 atom stereocenters. The molecule has 0 saturated carbocycles. The average Bonchev–Trinajstić information content (AvgIpc) is 2.72. The molecule has 1 unspecified atom stereocenters. The molecule has 2 N–H and O–H groups in total. The number of thiazole rings is 1. The summed E-state index contributed by atoms with van der Waals surface area (Å²) >= 11 is 1.56. The Bertz CT molecular complexity index is 413. The van der Waals surface area contributed by atoms with E-state index in [1.54, 1.807) is 17.4 Å². The SMILES string of the molecule is Cc1nc(/C=C/C(=O)NC(CCO)C(C)C)cs1. The molecule has 0 aliphatic heterocycles. The maximum atomic E-state index is 11.7. The highest BCUT2D eigenvalue weighted by Gasteiger charge is 2.13. The molecule has 0 spiro atoms. The van der Waals surface area contributed by atoms with Gasteiger partial charge < -0.3 is 10.4 Å². The Kier molecular flexibility index (Phi) is 6.01. The Morgan fingerprint density at radius 1 is 1.61 bits per heavy atom. The highest BCUT2D eigenvalue weighted by Crippen LogP contribution is 2.09. The second kappa shape index (κ2) is 7.28. The minimum absolute atomic E-state index is 0.00400. The number of aliphatic hydroxyl groups is 1. The maximum Gasteiger partial charge on any atom is 0.244 e. The van der Waals surface area contributed by atoms with Crippen LogP contribution in [0.3, 0.4) is 0 Å². The van der Waals surface area contributed by atoms with Gasteiger partial charge in [0.05, 0.1) is 10.7 Å². The number of aryl methyl sites for hydroxylation is 1. The van der Waals surface area contributed by atoms with Crippen LogP contribution in [0.25, 0.3) is 6.08 Å². The van der Waals surface area contributed by atoms with Crippen molar-refractivity contribution in [2.75, 3.05) is 6.61 Å². The van der Waals surface area contributed by atoms with Crippen LogP contribution in [0.5, 0.6) is 0 Å². The van der Waals surface area contributed by atoms with Gasteiger partial charge in [0.2, 0.25) is 5.91 Å². The van der Waals surface area contributed by atoms with Gasteiger partial charge in [0, 0.05) is 24.1 Å². The van der Waals surface area contributed by atoms with E-state index in [4.69, 9.17) is 5.11 Å². The summed E-state index contributed by atoms with van der Waals surface area (Å²) < 4.78 is 0. The van der Waals surface area contributed by atoms with E-state index in [0.717, 1.165) is 10.7 Å². The van der Waals surface area contributed by atoms with Crippen LogP contribution in [0.15, 0.2) is 11.5 Å². The van der Waals surface area contributed by atoms with E-state index in [9.17, 15) is 4.79 Å². The second-order valence-electron chi connectivity index (χ2n) is 4.50. The Hall–Kier alpha value is -1.20. The zero-order chi connectivity index (χ0) is 13.5. The number of carbonyl (C=O) groups is 1. The number of nitrogens with zero attached hydrogens (tertiary/aromatic N) is 1. The molecule has 0 aliphatic carbocycles. The zero-order valence-electron chi connectivity index (χ0n) is 11.0. The summed E-state index contributed by atoms with van der Waals surface area (Å²) in [6.07, 6.45) is 3.77. The molecule has 0 bridgehead atoms. The van der Waals surface area contributed by atoms with Crippen LogP contribution in [0.1, 0.15) is 31.0 Å². The molecule has 5 heteroatoms. The van der Waals surface area contributed by atoms with Gasteiger partial charge in [0.15, 0.2) is 0 Å². The smallest absolute Gasteiger partial charge is 0.244 e. The molecule has 1 heterocycles. The highest BCUT2D eigenvalue weighted by atomic mass is 32.1. The van der Waals surface area contributed by atoms with Gasteiger partial charge in [-0.25, -0.2) is 4.98 Å². The Morgan fingerprint density at radius 3 is 2.83 bits per heavy atom. The second-order valence-corrected chi connectivity index (χ2v) is 5.56. The molecule has 100 valence electrons. The number of aliphatic hydroxyl groups excluding tert-OH is 1. The summed E-state index contributed by atoms with van der Waals surface area (Å²) in [6, 6.07) is 0.00400. The molecule has 1 amide bonds. The van der Waals surface area contributed by atoms with Gasteiger partial charge in [-0.1, -0.05) is 13.8 Å². The van der Waals surface area contributed by atoms with Crippen molar-refractivity contribution in [3.63, 3.8) is 0 Å². The minimum Gasteiger partial charge on any atom is -0.396 e. The highest BCUT2D eigenvalue weighted by molar-refractivity contribution is 7.09. The van der Waals surface area contributed by atoms with E-state index < -0.39 is 0 Å². The van der Waals surface area contributed by atoms with Crippen LogP contribution < -0.4 is 5.32 Å². The van der Waals surface area contributed by atoms with Crippen LogP contribution >= 0.6 is 11.3 Å². The van der Waals surface area contributed by atoms with Crippen LogP contribution in [0, 0.1) is 12.8 Å². The molecule has 18 heavy (non-hydrogen) atoms. The average molecular weight is 268 g/mol. The van der Waals surface area contributed by atoms with Crippen molar-refractivity contribution in [1.29, 1.82) is 0 Å². The predicted octanol–water partition coefficient (Wildman–Crippen LogP) is 1.99. The van der Waals surface area contributed by atoms with Crippen molar-refractivity contribution in [3.05, 3.63) is 22.2 Å². The third-order valence-electron chi connectivity index (χ3n) is 2.61. The van der Waals surface area contributed by atoms with Gasteiger partial charge in [-0.3, -0.25) is 4.79 Å². The van der Waals surface area contributed by atoms with Gasteiger partial charge in [-0.05, 0) is 25.3 Å². The first kappa shape index (κ1) is 14.9. The molecule has 1 aromatic heterocycles. The fourth-order valence-electron chi connectivity index (χ4n) is 1.56. The number of hydrogen-bond acceptors (Lipinski definition) is 4. The number of carbonyl (C=O) groups excluding carboxylic acids is 1. The summed E-state index contributed by atoms with van der Waals surface area (Å²) in [5.74, 6) is 0.156. The van der Waals surface area contributed by atoms with E-state index >= 15 is 0 Å². The fraction of sp³-hybridized carbons (Fsp3) is 0.538. The van der Waals surface area contributed by atoms with E-state index in [0.29, 0.717) is 12.3 Å². The number of rotatable bonds is 6. The lowest BCUT2D eigenvalue weighted by Crippen LogP contribution is -2.38. The van der Waals surface area contributed by atoms with Gasteiger partial charge in [0.1, 0.15) is 0 Å². The standard InChI is InChI=1S/C13H20N2O2S/c1-9(2)12(6-7-16)15-13(17)5-4-11-8-18-10(3)14-11/h4-5,8-9,12,16H,6-7H2,1-3H3,(H,15,17)/b5-4+. The molecule has 4 nitrogen and oxygen atoms in total. The van der Waals surface area contributed by atoms with Crippen molar-refractivity contribution in [1.82, 2.24) is 10.3 Å². The van der Waals surface area contributed by atoms with E-state index in [2.05, 4.69) is 10.3 Å². The molecule has 0 fully saturated rings. The van der Waals surface area contributed by atoms with Gasteiger partial charge in [0.25, 0.3) is 0 Å². The first-order valence-electron chi connectivity index (χ1n) is 6.04. The van der Waals surface area contributed by atoms with Crippen molar-refractivity contribution >= 4 is 23.3 Å². The fourth-order valence-corrected chi connectivity index (χ4v) is 2.14. The Morgan fingerprint density at radius 2 is 2.33 bits per heavy atom. The first-order valence-corrected chi connectivity index (χ1v) is 6.92. The number of hydrogen-bond donors (Lipinski definition) is 2. The first-order chi connectivity index (χ1) is 8.52. The van der Waals surface area contributed by atoms with E-state index in [-0.39, 0.29) is 18.6 Å². The maximum absolute atomic E-state index is 11.7. The lowest BCUT2D eigenvalue weighted by Gasteiger charge is -2.20. The Balaban J connectivity index is 2.52. The van der Waals surface area contributed by atoms with Crippen LogP contribution in [0.2, 0.25) is 0 Å². The van der Waals surface area contributed by atoms with E-state index in [1.165, 1.54) is 6.08 Å². The van der Waals surface area contributed by atoms with Gasteiger partial charge in [-0.15, -0.1) is 11.3 Å². The Labute approximate surface area is 112 Å². The zero-order valence-corrected chi connectivity index (χ0v) is 11.8. The third-order valence-corrected chi connectivity index (χ3v) is 3.41. The summed E-state index contributed by atoms with van der Waals surface area (Å²) in [5, 5.41) is 14.7.